The summed E-state index contributed by atoms with van der Waals surface area (Å²) < 4.78 is 16.0. The highest BCUT2D eigenvalue weighted by molar-refractivity contribution is 5.80. The van der Waals surface area contributed by atoms with Crippen molar-refractivity contribution in [2.75, 3.05) is 20.8 Å². The van der Waals surface area contributed by atoms with Gasteiger partial charge in [-0.2, -0.15) is 0 Å². The lowest BCUT2D eigenvalue weighted by molar-refractivity contribution is 0.00542. The number of hydrogen-bond donors (Lipinski definition) is 0. The summed E-state index contributed by atoms with van der Waals surface area (Å²) in [6.45, 7) is 4.48. The fourth-order valence-corrected chi connectivity index (χ4v) is 1.39. The maximum atomic E-state index is 11.0. The van der Waals surface area contributed by atoms with Crippen molar-refractivity contribution in [1.82, 2.24) is 0 Å². The third-order valence-corrected chi connectivity index (χ3v) is 2.86. The Morgan fingerprint density at radius 2 is 2.00 bits per heavy atom. The van der Waals surface area contributed by atoms with Crippen molar-refractivity contribution in [3.8, 4) is 11.5 Å². The largest absolute Gasteiger partial charge is 0.497 e. The van der Waals surface area contributed by atoms with Crippen LogP contribution in [0.3, 0.4) is 0 Å². The van der Waals surface area contributed by atoms with Crippen molar-refractivity contribution in [2.45, 2.75) is 25.9 Å². The maximum Gasteiger partial charge on any atom is 0.153 e. The van der Waals surface area contributed by atoms with Crippen LogP contribution in [0, 0.1) is 0 Å². The van der Waals surface area contributed by atoms with E-state index in [0.717, 1.165) is 12.7 Å². The van der Waals surface area contributed by atoms with Crippen LogP contribution in [0.1, 0.15) is 30.6 Å². The minimum atomic E-state index is -0.228. The van der Waals surface area contributed by atoms with E-state index in [1.54, 1.807) is 32.4 Å². The second kappa shape index (κ2) is 6.40. The molecule has 0 radical (unpaired) electrons. The minimum Gasteiger partial charge on any atom is -0.497 e. The van der Waals surface area contributed by atoms with Crippen molar-refractivity contribution in [3.05, 3.63) is 23.8 Å². The van der Waals surface area contributed by atoms with Crippen LogP contribution >= 0.6 is 0 Å². The Morgan fingerprint density at radius 1 is 1.28 bits per heavy atom. The normalized spacial score (nSPS) is 11.1. The predicted octanol–water partition coefficient (Wildman–Crippen LogP) is 2.70. The molecule has 0 heterocycles. The molecule has 18 heavy (non-hydrogen) atoms. The highest BCUT2D eigenvalue weighted by atomic mass is 16.5. The molecule has 0 amide bonds. The molecular weight excluding hydrogens is 232 g/mol. The van der Waals surface area contributed by atoms with E-state index in [1.807, 2.05) is 13.8 Å². The van der Waals surface area contributed by atoms with E-state index < -0.39 is 0 Å². The molecule has 0 spiro atoms. The second-order valence-corrected chi connectivity index (χ2v) is 4.58. The molecule has 0 aromatic heterocycles. The molecule has 0 unspecified atom stereocenters. The summed E-state index contributed by atoms with van der Waals surface area (Å²) in [5.41, 5.74) is 0.262. The highest BCUT2D eigenvalue weighted by Crippen LogP contribution is 2.23. The Balaban J connectivity index is 2.65. The zero-order chi connectivity index (χ0) is 13.6. The minimum absolute atomic E-state index is 0.228. The fraction of sp³-hybridized carbons (Fsp3) is 0.500. The number of carbonyl (C=O) groups excluding carboxylic acids is 1. The van der Waals surface area contributed by atoms with Crippen LogP contribution in [0.2, 0.25) is 0 Å². The molecule has 1 rings (SSSR count). The number of ether oxygens (including phenoxy) is 3. The van der Waals surface area contributed by atoms with Gasteiger partial charge in [-0.05, 0) is 32.0 Å². The number of hydrogen-bond acceptors (Lipinski definition) is 4. The van der Waals surface area contributed by atoms with Gasteiger partial charge in [-0.15, -0.1) is 0 Å². The fourth-order valence-electron chi connectivity index (χ4n) is 1.39. The molecule has 0 atom stereocenters. The topological polar surface area (TPSA) is 44.8 Å². The molecule has 0 aliphatic rings. The zero-order valence-electron chi connectivity index (χ0n) is 11.4. The molecule has 0 N–H and O–H groups in total. The monoisotopic (exact) mass is 252 g/mol. The Kier molecular flexibility index (Phi) is 5.16. The number of methoxy groups -OCH3 is 2. The summed E-state index contributed by atoms with van der Waals surface area (Å²) in [5.74, 6) is 1.21. The molecule has 1 aromatic carbocycles. The molecule has 0 saturated heterocycles. The van der Waals surface area contributed by atoms with E-state index in [4.69, 9.17) is 14.2 Å². The maximum absolute atomic E-state index is 11.0. The smallest absolute Gasteiger partial charge is 0.153 e. The average Bonchev–Trinajstić information content (AvgIpc) is 2.38. The van der Waals surface area contributed by atoms with Gasteiger partial charge >= 0.3 is 0 Å². The van der Waals surface area contributed by atoms with E-state index in [9.17, 15) is 4.79 Å². The molecule has 1 aromatic rings. The van der Waals surface area contributed by atoms with E-state index >= 15 is 0 Å². The van der Waals surface area contributed by atoms with Crippen molar-refractivity contribution >= 4 is 6.29 Å². The lowest BCUT2D eigenvalue weighted by Gasteiger charge is -2.22. The molecule has 0 bridgehead atoms. The number of benzene rings is 1. The molecule has 100 valence electrons. The first-order valence-corrected chi connectivity index (χ1v) is 5.83. The number of carbonyl (C=O) groups is 1. The summed E-state index contributed by atoms with van der Waals surface area (Å²) in [6, 6.07) is 5.16. The van der Waals surface area contributed by atoms with Gasteiger partial charge in [0.25, 0.3) is 0 Å². The first-order chi connectivity index (χ1) is 8.52. The summed E-state index contributed by atoms with van der Waals surface area (Å²) >= 11 is 0. The van der Waals surface area contributed by atoms with Gasteiger partial charge < -0.3 is 14.2 Å². The SMILES string of the molecule is COc1ccc(OCCC(C)(C)OC)c(C=O)c1. The van der Waals surface area contributed by atoms with Crippen LogP contribution in [-0.2, 0) is 4.74 Å². The van der Waals surface area contributed by atoms with Gasteiger partial charge in [0.1, 0.15) is 11.5 Å². The van der Waals surface area contributed by atoms with Gasteiger partial charge in [0.05, 0.1) is 24.9 Å². The van der Waals surface area contributed by atoms with Gasteiger partial charge in [-0.1, -0.05) is 0 Å². The van der Waals surface area contributed by atoms with E-state index in [0.29, 0.717) is 23.7 Å². The third-order valence-electron chi connectivity index (χ3n) is 2.86. The average molecular weight is 252 g/mol. The molecule has 4 heteroatoms. The van der Waals surface area contributed by atoms with Crippen LogP contribution in [0.15, 0.2) is 18.2 Å². The zero-order valence-corrected chi connectivity index (χ0v) is 11.4. The predicted molar refractivity (Wildman–Crippen MR) is 69.6 cm³/mol. The van der Waals surface area contributed by atoms with Crippen LogP contribution in [-0.4, -0.2) is 32.7 Å². The van der Waals surface area contributed by atoms with Crippen molar-refractivity contribution in [2.24, 2.45) is 0 Å². The Morgan fingerprint density at radius 3 is 2.56 bits per heavy atom. The first-order valence-electron chi connectivity index (χ1n) is 5.83. The molecule has 0 saturated carbocycles. The van der Waals surface area contributed by atoms with Crippen LogP contribution in [0.25, 0.3) is 0 Å². The second-order valence-electron chi connectivity index (χ2n) is 4.58. The lowest BCUT2D eigenvalue weighted by atomic mass is 10.1. The van der Waals surface area contributed by atoms with Gasteiger partial charge in [-0.25, -0.2) is 0 Å². The number of aldehydes is 1. The van der Waals surface area contributed by atoms with Crippen molar-refractivity contribution in [1.29, 1.82) is 0 Å². The van der Waals surface area contributed by atoms with Crippen molar-refractivity contribution in [3.63, 3.8) is 0 Å². The highest BCUT2D eigenvalue weighted by Gasteiger charge is 2.16. The van der Waals surface area contributed by atoms with Crippen LogP contribution in [0.5, 0.6) is 11.5 Å². The van der Waals surface area contributed by atoms with Gasteiger partial charge in [0.15, 0.2) is 6.29 Å². The van der Waals surface area contributed by atoms with Gasteiger partial charge in [0, 0.05) is 13.5 Å². The quantitative estimate of drug-likeness (QED) is 0.700. The number of rotatable bonds is 7. The molecule has 0 aliphatic heterocycles. The molecule has 0 aliphatic carbocycles. The van der Waals surface area contributed by atoms with Gasteiger partial charge in [-0.3, -0.25) is 4.79 Å². The summed E-state index contributed by atoms with van der Waals surface area (Å²) in [6.07, 6.45) is 1.51. The van der Waals surface area contributed by atoms with Crippen LogP contribution < -0.4 is 9.47 Å². The summed E-state index contributed by atoms with van der Waals surface area (Å²) in [4.78, 5) is 11.0. The Bertz CT molecular complexity index is 399. The lowest BCUT2D eigenvalue weighted by Crippen LogP contribution is -2.25. The van der Waals surface area contributed by atoms with E-state index in [-0.39, 0.29) is 5.60 Å². The van der Waals surface area contributed by atoms with Crippen molar-refractivity contribution < 1.29 is 19.0 Å². The molecule has 0 fully saturated rings. The standard InChI is InChI=1S/C14H20O4/c1-14(2,17-4)7-8-18-13-6-5-12(16-3)9-11(13)10-15/h5-6,9-10H,7-8H2,1-4H3. The molecule has 4 nitrogen and oxygen atoms in total. The summed E-state index contributed by atoms with van der Waals surface area (Å²) in [7, 11) is 3.23. The van der Waals surface area contributed by atoms with Gasteiger partial charge in [0.2, 0.25) is 0 Å². The van der Waals surface area contributed by atoms with E-state index in [1.165, 1.54) is 0 Å². The molecular formula is C14H20O4. The Labute approximate surface area is 108 Å². The van der Waals surface area contributed by atoms with E-state index in [2.05, 4.69) is 0 Å². The van der Waals surface area contributed by atoms with Crippen LogP contribution in [0.4, 0.5) is 0 Å². The first kappa shape index (κ1) is 14.5. The summed E-state index contributed by atoms with van der Waals surface area (Å²) in [5, 5.41) is 0. The third kappa shape index (κ3) is 4.04. The Hall–Kier alpha value is -1.55.